The van der Waals surface area contributed by atoms with E-state index >= 15 is 0 Å². The highest BCUT2D eigenvalue weighted by atomic mass is 32.1. The summed E-state index contributed by atoms with van der Waals surface area (Å²) in [6.07, 6.45) is 2.34. The van der Waals surface area contributed by atoms with E-state index in [-0.39, 0.29) is 5.91 Å². The largest absolute Gasteiger partial charge is 0.497 e. The molecular weight excluding hydrogens is 374 g/mol. The molecule has 8 heteroatoms. The summed E-state index contributed by atoms with van der Waals surface area (Å²) in [7, 11) is 1.65. The average molecular weight is 393 g/mol. The molecule has 0 atom stereocenters. The molecule has 0 bridgehead atoms. The van der Waals surface area contributed by atoms with E-state index in [2.05, 4.69) is 26.7 Å². The Kier molecular flexibility index (Phi) is 4.94. The lowest BCUT2D eigenvalue weighted by molar-refractivity contribution is -0.117. The van der Waals surface area contributed by atoms with Crippen LogP contribution in [0.4, 0.5) is 0 Å². The van der Waals surface area contributed by atoms with Gasteiger partial charge in [0.1, 0.15) is 12.1 Å². The molecule has 2 aromatic heterocycles. The summed E-state index contributed by atoms with van der Waals surface area (Å²) in [6.45, 7) is 0. The third-order valence-electron chi connectivity index (χ3n) is 4.59. The quantitative estimate of drug-likeness (QED) is 0.435. The summed E-state index contributed by atoms with van der Waals surface area (Å²) >= 11 is 5.05. The molecule has 2 heterocycles. The maximum absolute atomic E-state index is 12.4. The normalized spacial score (nSPS) is 10.9. The van der Waals surface area contributed by atoms with Gasteiger partial charge in [-0.2, -0.15) is 5.10 Å². The molecule has 3 N–H and O–H groups in total. The molecule has 0 radical (unpaired) electrons. The second-order valence-electron chi connectivity index (χ2n) is 6.32. The van der Waals surface area contributed by atoms with Gasteiger partial charge in [-0.05, 0) is 60.1 Å². The van der Waals surface area contributed by atoms with E-state index in [4.69, 9.17) is 17.0 Å². The molecule has 0 spiro atoms. The van der Waals surface area contributed by atoms with Crippen LogP contribution in [0.1, 0.15) is 12.0 Å². The van der Waals surface area contributed by atoms with Crippen LogP contribution >= 0.6 is 12.2 Å². The first-order valence-electron chi connectivity index (χ1n) is 8.81. The number of hydrogen-bond acceptors (Lipinski definition) is 4. The molecule has 0 unspecified atom stereocenters. The molecule has 0 aliphatic heterocycles. The Morgan fingerprint density at radius 2 is 2.00 bits per heavy atom. The summed E-state index contributed by atoms with van der Waals surface area (Å²) in [5.74, 6) is 0.668. The van der Waals surface area contributed by atoms with E-state index in [0.29, 0.717) is 17.6 Å². The average Bonchev–Trinajstić information content (AvgIpc) is 3.30. The van der Waals surface area contributed by atoms with Crippen LogP contribution in [0.5, 0.6) is 5.75 Å². The number of methoxy groups -OCH3 is 1. The molecule has 142 valence electrons. The minimum absolute atomic E-state index is 0.136. The van der Waals surface area contributed by atoms with Gasteiger partial charge in [0.25, 0.3) is 0 Å². The van der Waals surface area contributed by atoms with Crippen LogP contribution < -0.4 is 10.2 Å². The number of nitrogens with one attached hydrogen (secondary N) is 3. The Morgan fingerprint density at radius 1 is 1.21 bits per heavy atom. The van der Waals surface area contributed by atoms with Gasteiger partial charge >= 0.3 is 0 Å². The number of carbonyl (C=O) groups excluding carboxylic acids is 1. The van der Waals surface area contributed by atoms with Crippen LogP contribution in [0, 0.1) is 4.77 Å². The van der Waals surface area contributed by atoms with Crippen LogP contribution in [-0.2, 0) is 11.2 Å². The van der Waals surface area contributed by atoms with Crippen molar-refractivity contribution in [3.05, 3.63) is 65.2 Å². The molecule has 0 saturated carbocycles. The van der Waals surface area contributed by atoms with E-state index in [1.165, 1.54) is 11.0 Å². The van der Waals surface area contributed by atoms with Crippen molar-refractivity contribution < 1.29 is 9.53 Å². The molecule has 4 rings (SSSR count). The van der Waals surface area contributed by atoms with Crippen molar-refractivity contribution in [3.63, 3.8) is 0 Å². The maximum Gasteiger partial charge on any atom is 0.239 e. The fraction of sp³-hybridized carbons (Fsp3) is 0.150. The fourth-order valence-corrected chi connectivity index (χ4v) is 3.37. The number of ether oxygens (including phenoxy) is 1. The topological polar surface area (TPSA) is 87.7 Å². The van der Waals surface area contributed by atoms with E-state index < -0.39 is 0 Å². The lowest BCUT2D eigenvalue weighted by Gasteiger charge is -2.08. The van der Waals surface area contributed by atoms with Gasteiger partial charge in [0.05, 0.1) is 7.11 Å². The van der Waals surface area contributed by atoms with Gasteiger partial charge in [0, 0.05) is 23.0 Å². The van der Waals surface area contributed by atoms with Crippen LogP contribution in [-0.4, -0.2) is 32.9 Å². The number of rotatable bonds is 6. The second kappa shape index (κ2) is 7.69. The first kappa shape index (κ1) is 18.0. The van der Waals surface area contributed by atoms with Crippen molar-refractivity contribution in [2.24, 2.45) is 0 Å². The van der Waals surface area contributed by atoms with E-state index in [1.54, 1.807) is 7.11 Å². The van der Waals surface area contributed by atoms with Gasteiger partial charge in [-0.25, -0.2) is 4.68 Å². The number of aromatic amines is 2. The van der Waals surface area contributed by atoms with Crippen LogP contribution in [0.2, 0.25) is 0 Å². The Balaban J connectivity index is 1.62. The Labute approximate surface area is 166 Å². The SMILES string of the molecule is COc1ccc(-c2[nH]c3ccccc3c2CCC(=O)Nn2cn[nH]c2=S)cc1. The van der Waals surface area contributed by atoms with Crippen LogP contribution in [0.3, 0.4) is 0 Å². The number of fused-ring (bicyclic) bond motifs is 1. The van der Waals surface area contributed by atoms with Crippen molar-refractivity contribution in [2.45, 2.75) is 12.8 Å². The predicted molar refractivity (Wildman–Crippen MR) is 110 cm³/mol. The molecular formula is C20H19N5O2S. The van der Waals surface area contributed by atoms with E-state index in [0.717, 1.165) is 33.5 Å². The summed E-state index contributed by atoms with van der Waals surface area (Å²) in [6, 6.07) is 16.0. The maximum atomic E-state index is 12.4. The zero-order chi connectivity index (χ0) is 19.5. The molecule has 0 fully saturated rings. The molecule has 0 saturated heterocycles. The number of carbonyl (C=O) groups is 1. The lowest BCUT2D eigenvalue weighted by Crippen LogP contribution is -2.22. The van der Waals surface area contributed by atoms with Crippen molar-refractivity contribution in [2.75, 3.05) is 12.5 Å². The molecule has 28 heavy (non-hydrogen) atoms. The molecule has 1 amide bonds. The van der Waals surface area contributed by atoms with Gasteiger partial charge in [0.2, 0.25) is 10.7 Å². The highest BCUT2D eigenvalue weighted by molar-refractivity contribution is 7.71. The Bertz CT molecular complexity index is 1170. The van der Waals surface area contributed by atoms with Crippen LogP contribution in [0.25, 0.3) is 22.2 Å². The van der Waals surface area contributed by atoms with Crippen molar-refractivity contribution in [1.29, 1.82) is 0 Å². The van der Waals surface area contributed by atoms with Gasteiger partial charge in [0.15, 0.2) is 0 Å². The number of H-pyrrole nitrogens is 2. The molecule has 2 aromatic carbocycles. The third kappa shape index (κ3) is 3.54. The number of para-hydroxylation sites is 1. The van der Waals surface area contributed by atoms with Gasteiger partial charge < -0.3 is 9.72 Å². The van der Waals surface area contributed by atoms with E-state index in [1.807, 2.05) is 42.5 Å². The smallest absolute Gasteiger partial charge is 0.239 e. The first-order valence-corrected chi connectivity index (χ1v) is 9.22. The Hall–Kier alpha value is -3.39. The lowest BCUT2D eigenvalue weighted by atomic mass is 10.0. The van der Waals surface area contributed by atoms with Gasteiger partial charge in [-0.15, -0.1) is 0 Å². The van der Waals surface area contributed by atoms with Gasteiger partial charge in [-0.3, -0.25) is 15.3 Å². The summed E-state index contributed by atoms with van der Waals surface area (Å²) in [5.41, 5.74) is 6.93. The Morgan fingerprint density at radius 3 is 2.71 bits per heavy atom. The highest BCUT2D eigenvalue weighted by Gasteiger charge is 2.15. The van der Waals surface area contributed by atoms with Crippen LogP contribution in [0.15, 0.2) is 54.9 Å². The standard InChI is InChI=1S/C20H19N5O2S/c1-27-14-8-6-13(7-9-14)19-16(15-4-2-3-5-17(15)22-19)10-11-18(26)24-25-12-21-23-20(25)28/h2-9,12,22H,10-11H2,1H3,(H,23,28)(H,24,26). The minimum Gasteiger partial charge on any atom is -0.497 e. The van der Waals surface area contributed by atoms with Gasteiger partial charge in [-0.1, -0.05) is 18.2 Å². The summed E-state index contributed by atoms with van der Waals surface area (Å²) in [4.78, 5) is 15.9. The molecule has 4 aromatic rings. The first-order chi connectivity index (χ1) is 13.7. The van der Waals surface area contributed by atoms with E-state index in [9.17, 15) is 4.79 Å². The minimum atomic E-state index is -0.136. The zero-order valence-corrected chi connectivity index (χ0v) is 16.0. The third-order valence-corrected chi connectivity index (χ3v) is 4.88. The monoisotopic (exact) mass is 393 g/mol. The fourth-order valence-electron chi connectivity index (χ4n) is 3.22. The number of benzene rings is 2. The second-order valence-corrected chi connectivity index (χ2v) is 6.71. The zero-order valence-electron chi connectivity index (χ0n) is 15.2. The molecule has 0 aliphatic rings. The predicted octanol–water partition coefficient (Wildman–Crippen LogP) is 3.80. The summed E-state index contributed by atoms with van der Waals surface area (Å²) < 4.78 is 7.00. The number of aryl methyl sites for hydroxylation is 1. The number of nitrogens with zero attached hydrogens (tertiary/aromatic N) is 2. The molecule has 0 aliphatic carbocycles. The number of amides is 1. The highest BCUT2D eigenvalue weighted by Crippen LogP contribution is 2.32. The summed E-state index contributed by atoms with van der Waals surface area (Å²) in [5, 5.41) is 7.52. The molecule has 7 nitrogen and oxygen atoms in total. The van der Waals surface area contributed by atoms with Crippen molar-refractivity contribution in [1.82, 2.24) is 19.9 Å². The van der Waals surface area contributed by atoms with Crippen molar-refractivity contribution >= 4 is 29.0 Å². The van der Waals surface area contributed by atoms with Crippen molar-refractivity contribution in [3.8, 4) is 17.0 Å². The number of aromatic nitrogens is 4. The number of hydrogen-bond donors (Lipinski definition) is 3.